The van der Waals surface area contributed by atoms with Crippen LogP contribution in [0.4, 0.5) is 0 Å². The van der Waals surface area contributed by atoms with Crippen LogP contribution in [0, 0.1) is 6.92 Å². The topological polar surface area (TPSA) is 156 Å². The summed E-state index contributed by atoms with van der Waals surface area (Å²) >= 11 is 0. The molecule has 0 bridgehead atoms. The number of rotatable bonds is 25. The van der Waals surface area contributed by atoms with Crippen LogP contribution in [0.2, 0.25) is 0 Å². The van der Waals surface area contributed by atoms with Gasteiger partial charge in [-0.05, 0) is 69.0 Å². The summed E-state index contributed by atoms with van der Waals surface area (Å²) in [6, 6.07) is 26.2. The number of unbranched alkanes of at least 4 members (excludes halogenated alkanes) is 8. The van der Waals surface area contributed by atoms with Gasteiger partial charge < -0.3 is 31.0 Å². The maximum Gasteiger partial charge on any atom is 1.00 e. The van der Waals surface area contributed by atoms with Gasteiger partial charge in [-0.2, -0.15) is 8.42 Å². The molecular weight excluding hydrogens is 792 g/mol. The number of benzene rings is 3. The molecule has 0 unspecified atom stereocenters. The molecule has 0 saturated heterocycles. The van der Waals surface area contributed by atoms with Gasteiger partial charge in [0.2, 0.25) is 11.8 Å². The minimum absolute atomic E-state index is 0. The van der Waals surface area contributed by atoms with Crippen molar-refractivity contribution in [3.63, 3.8) is 0 Å². The monoisotopic (exact) mass is 862 g/mol. The van der Waals surface area contributed by atoms with Crippen molar-refractivity contribution in [2.45, 2.75) is 140 Å². The molecule has 3 aromatic rings. The number of hydrogen-bond donors (Lipinski definition) is 3. The molecule has 0 fully saturated rings. The Kier molecular flexibility index (Phi) is 28.6. The van der Waals surface area contributed by atoms with E-state index in [1.165, 1.54) is 57.1 Å². The Hall–Kier alpha value is -2.65. The molecule has 3 aromatic carbocycles. The fraction of sp³-hybridized carbons (Fsp3) is 0.574. The van der Waals surface area contributed by atoms with Crippen LogP contribution < -0.4 is 29.6 Å². The summed E-state index contributed by atoms with van der Waals surface area (Å²) in [7, 11) is -3.72. The molecule has 0 amide bonds. The zero-order chi connectivity index (χ0) is 42.6. The summed E-state index contributed by atoms with van der Waals surface area (Å²) in [6.45, 7) is 8.55. The van der Waals surface area contributed by atoms with Gasteiger partial charge in [-0.15, -0.1) is 0 Å². The first kappa shape index (κ1) is 53.5. The third-order valence-electron chi connectivity index (χ3n) is 9.86. The summed E-state index contributed by atoms with van der Waals surface area (Å²) in [5, 5.41) is 28.6. The SMILES string of the molecule is CCCCCCC[C@@H](O)CCOC[C@@H]1COC(c2ccccc2)=N1.CCCCCCC[C@@H](O)CCOS(=O)(=O)c1ccc(C)cc1.OC[C@@H]1COC(c2ccccc2)=N1.[H-].[Na+]. The van der Waals surface area contributed by atoms with Gasteiger partial charge in [-0.25, -0.2) is 9.98 Å². The zero-order valence-corrected chi connectivity index (χ0v) is 39.4. The molecule has 0 saturated carbocycles. The standard InChI is InChI=1S/C20H31NO3.C17H28O4S.C10H11NO2.Na.H/c1-2-3-4-5-9-12-19(22)13-14-23-15-18-16-24-20(21-18)17-10-7-6-8-11-17;1-3-4-5-6-7-8-16(18)13-14-21-22(19,20)17-11-9-15(2)10-12-17;12-6-9-7-13-10(11-9)8-4-2-1-3-5-8;;/h6-8,10-11,18-19,22H,2-5,9,12-16H2,1H3;9-12,16,18H,3-8,13-14H2,1-2H3;1-5,9,12H,6-7H2;;/q;;;+1;-1/t18-,19-;16-;9-;;/m111../s1. The molecular formula is C47H71N2NaO9S. The van der Waals surface area contributed by atoms with Crippen molar-refractivity contribution in [3.8, 4) is 0 Å². The van der Waals surface area contributed by atoms with E-state index >= 15 is 0 Å². The second kappa shape index (κ2) is 32.1. The first-order valence-electron chi connectivity index (χ1n) is 21.7. The molecule has 330 valence electrons. The number of ether oxygens (including phenoxy) is 3. The molecule has 2 heterocycles. The van der Waals surface area contributed by atoms with Crippen molar-refractivity contribution in [3.05, 3.63) is 102 Å². The predicted molar refractivity (Wildman–Crippen MR) is 237 cm³/mol. The van der Waals surface area contributed by atoms with Crippen molar-refractivity contribution in [1.29, 1.82) is 0 Å². The number of aryl methyl sites for hydroxylation is 1. The summed E-state index contributed by atoms with van der Waals surface area (Å²) in [6.07, 6.45) is 13.8. The Morgan fingerprint density at radius 3 is 1.62 bits per heavy atom. The van der Waals surface area contributed by atoms with Gasteiger partial charge in [0.25, 0.3) is 10.1 Å². The fourth-order valence-corrected chi connectivity index (χ4v) is 7.17. The zero-order valence-electron chi connectivity index (χ0n) is 37.6. The molecule has 60 heavy (non-hydrogen) atoms. The second-order valence-electron chi connectivity index (χ2n) is 15.2. The van der Waals surface area contributed by atoms with Crippen LogP contribution in [0.1, 0.15) is 122 Å². The first-order valence-corrected chi connectivity index (χ1v) is 23.1. The number of hydrogen-bond acceptors (Lipinski definition) is 11. The Balaban J connectivity index is 0.000000467. The molecule has 0 radical (unpaired) electrons. The van der Waals surface area contributed by atoms with Crippen LogP contribution in [0.3, 0.4) is 0 Å². The largest absolute Gasteiger partial charge is 1.00 e. The smallest absolute Gasteiger partial charge is 1.00 e. The van der Waals surface area contributed by atoms with Crippen LogP contribution >= 0.6 is 0 Å². The summed E-state index contributed by atoms with van der Waals surface area (Å²) in [4.78, 5) is 8.94. The van der Waals surface area contributed by atoms with E-state index in [1.807, 2.05) is 67.6 Å². The molecule has 0 aliphatic carbocycles. The van der Waals surface area contributed by atoms with Crippen LogP contribution in [-0.2, 0) is 28.5 Å². The van der Waals surface area contributed by atoms with Gasteiger partial charge in [0, 0.05) is 17.7 Å². The molecule has 0 aromatic heterocycles. The van der Waals surface area contributed by atoms with Crippen molar-refractivity contribution in [2.24, 2.45) is 9.98 Å². The van der Waals surface area contributed by atoms with Gasteiger partial charge in [-0.3, -0.25) is 4.18 Å². The Morgan fingerprint density at radius 1 is 0.667 bits per heavy atom. The molecule has 4 atom stereocenters. The number of aliphatic hydroxyl groups excluding tert-OH is 3. The average Bonchev–Trinajstić information content (AvgIpc) is 3.94. The Bertz CT molecular complexity index is 1700. The number of aliphatic imine (C=N–C) groups is 2. The van der Waals surface area contributed by atoms with Crippen molar-refractivity contribution >= 4 is 21.9 Å². The minimum Gasteiger partial charge on any atom is -1.00 e. The van der Waals surface area contributed by atoms with Crippen LogP contribution in [0.25, 0.3) is 0 Å². The Morgan fingerprint density at radius 2 is 1.13 bits per heavy atom. The van der Waals surface area contributed by atoms with Crippen molar-refractivity contribution in [1.82, 2.24) is 0 Å². The molecule has 11 nitrogen and oxygen atoms in total. The van der Waals surface area contributed by atoms with E-state index in [0.717, 1.165) is 42.4 Å². The number of nitrogens with zero attached hydrogens (tertiary/aromatic N) is 2. The average molecular weight is 863 g/mol. The van der Waals surface area contributed by atoms with E-state index in [-0.39, 0.29) is 67.3 Å². The quantitative estimate of drug-likeness (QED) is 0.0552. The molecule has 5 rings (SSSR count). The molecule has 13 heteroatoms. The van der Waals surface area contributed by atoms with E-state index in [2.05, 4.69) is 23.8 Å². The number of aliphatic hydroxyl groups is 3. The summed E-state index contributed by atoms with van der Waals surface area (Å²) < 4.78 is 45.5. The summed E-state index contributed by atoms with van der Waals surface area (Å²) in [5.74, 6) is 1.34. The van der Waals surface area contributed by atoms with E-state index < -0.39 is 16.2 Å². The van der Waals surface area contributed by atoms with Gasteiger partial charge in [-0.1, -0.05) is 132 Å². The van der Waals surface area contributed by atoms with E-state index in [9.17, 15) is 18.6 Å². The predicted octanol–water partition coefficient (Wildman–Crippen LogP) is 5.71. The van der Waals surface area contributed by atoms with Crippen molar-refractivity contribution in [2.75, 3.05) is 39.6 Å². The first-order chi connectivity index (χ1) is 28.6. The van der Waals surface area contributed by atoms with Crippen molar-refractivity contribution < 1.29 is 73.1 Å². The third-order valence-corrected chi connectivity index (χ3v) is 11.2. The van der Waals surface area contributed by atoms with Gasteiger partial charge in [0.05, 0.1) is 36.9 Å². The second-order valence-corrected chi connectivity index (χ2v) is 16.8. The van der Waals surface area contributed by atoms with E-state index in [4.69, 9.17) is 23.5 Å². The van der Waals surface area contributed by atoms with E-state index in [1.54, 1.807) is 12.1 Å². The van der Waals surface area contributed by atoms with Crippen LogP contribution in [0.5, 0.6) is 0 Å². The minimum atomic E-state index is -3.72. The Labute approximate surface area is 383 Å². The molecule has 0 spiro atoms. The normalized spacial score (nSPS) is 16.7. The van der Waals surface area contributed by atoms with Gasteiger partial charge in [0.15, 0.2) is 0 Å². The van der Waals surface area contributed by atoms with Crippen LogP contribution in [0.15, 0.2) is 99.8 Å². The van der Waals surface area contributed by atoms with Gasteiger partial charge in [0.1, 0.15) is 25.3 Å². The molecule has 2 aliphatic rings. The fourth-order valence-electron chi connectivity index (χ4n) is 6.25. The summed E-state index contributed by atoms with van der Waals surface area (Å²) in [5.41, 5.74) is 2.98. The molecule has 3 N–H and O–H groups in total. The van der Waals surface area contributed by atoms with Gasteiger partial charge >= 0.3 is 29.6 Å². The maximum atomic E-state index is 12.0. The van der Waals surface area contributed by atoms with Crippen LogP contribution in [-0.4, -0.2) is 99.5 Å². The third kappa shape index (κ3) is 22.4. The maximum absolute atomic E-state index is 12.0. The van der Waals surface area contributed by atoms with E-state index in [0.29, 0.717) is 57.5 Å². The molecule has 2 aliphatic heterocycles.